The number of hydrogen-bond acceptors (Lipinski definition) is 1. The van der Waals surface area contributed by atoms with Gasteiger partial charge in [-0.05, 0) is 16.4 Å². The third-order valence-electron chi connectivity index (χ3n) is 2.92. The third kappa shape index (κ3) is 2.80. The van der Waals surface area contributed by atoms with Gasteiger partial charge >= 0.3 is 0 Å². The van der Waals surface area contributed by atoms with E-state index in [9.17, 15) is 4.39 Å². The van der Waals surface area contributed by atoms with E-state index < -0.39 is 0 Å². The molecule has 0 aliphatic rings. The molecule has 0 aromatic heterocycles. The molecule has 0 atom stereocenters. The Balaban J connectivity index is 3.49. The second kappa shape index (κ2) is 4.32. The molecule has 1 aromatic carbocycles. The minimum absolute atomic E-state index is 0.122. The van der Waals surface area contributed by atoms with E-state index in [0.717, 1.165) is 5.56 Å². The van der Waals surface area contributed by atoms with E-state index in [4.69, 9.17) is 4.74 Å². The fraction of sp³-hybridized carbons (Fsp3) is 0.600. The molecule has 1 aromatic rings. The van der Waals surface area contributed by atoms with E-state index in [0.29, 0.717) is 11.3 Å². The summed E-state index contributed by atoms with van der Waals surface area (Å²) in [4.78, 5) is 0. The smallest absolute Gasteiger partial charge is 0.169 e. The van der Waals surface area contributed by atoms with Crippen molar-refractivity contribution in [2.24, 2.45) is 0 Å². The van der Waals surface area contributed by atoms with Crippen molar-refractivity contribution >= 4 is 0 Å². The topological polar surface area (TPSA) is 9.23 Å². The summed E-state index contributed by atoms with van der Waals surface area (Å²) in [5.41, 5.74) is 1.27. The van der Waals surface area contributed by atoms with Crippen LogP contribution in [0.4, 0.5) is 4.39 Å². The third-order valence-corrected chi connectivity index (χ3v) is 2.92. The van der Waals surface area contributed by atoms with Crippen molar-refractivity contribution in [1.82, 2.24) is 0 Å². The molecule has 17 heavy (non-hydrogen) atoms. The zero-order valence-electron chi connectivity index (χ0n) is 11.9. The molecule has 0 N–H and O–H groups in total. The molecule has 0 saturated carbocycles. The maximum Gasteiger partial charge on any atom is 0.169 e. The van der Waals surface area contributed by atoms with Crippen LogP contribution in [0.15, 0.2) is 12.1 Å². The lowest BCUT2D eigenvalue weighted by Crippen LogP contribution is -2.18. The number of ether oxygens (including phenoxy) is 1. The first-order chi connectivity index (χ1) is 7.59. The van der Waals surface area contributed by atoms with Crippen LogP contribution in [0.5, 0.6) is 5.75 Å². The zero-order chi connectivity index (χ0) is 13.4. The van der Waals surface area contributed by atoms with Gasteiger partial charge < -0.3 is 4.74 Å². The maximum atomic E-state index is 14.4. The fourth-order valence-corrected chi connectivity index (χ4v) is 1.93. The van der Waals surface area contributed by atoms with Crippen molar-refractivity contribution in [2.45, 2.75) is 52.4 Å². The standard InChI is InChI=1S/C15H23FO/c1-14(2,3)10-8-9-11(15(4,5)6)13(17-7)12(10)16/h8-9H,1-7H3. The second-order valence-corrected chi connectivity index (χ2v) is 6.51. The number of hydrogen-bond donors (Lipinski definition) is 0. The average Bonchev–Trinajstić information content (AvgIpc) is 2.13. The van der Waals surface area contributed by atoms with Crippen molar-refractivity contribution < 1.29 is 9.13 Å². The van der Waals surface area contributed by atoms with Crippen molar-refractivity contribution in [3.8, 4) is 5.75 Å². The predicted molar refractivity (Wildman–Crippen MR) is 70.4 cm³/mol. The van der Waals surface area contributed by atoms with Gasteiger partial charge in [-0.1, -0.05) is 53.7 Å². The van der Waals surface area contributed by atoms with Gasteiger partial charge in [-0.2, -0.15) is 0 Å². The van der Waals surface area contributed by atoms with Crippen molar-refractivity contribution in [2.75, 3.05) is 7.11 Å². The van der Waals surface area contributed by atoms with Gasteiger partial charge in [0.05, 0.1) is 7.11 Å². The van der Waals surface area contributed by atoms with Crippen molar-refractivity contribution in [1.29, 1.82) is 0 Å². The summed E-state index contributed by atoms with van der Waals surface area (Å²) in [7, 11) is 1.53. The fourth-order valence-electron chi connectivity index (χ4n) is 1.93. The van der Waals surface area contributed by atoms with Crippen LogP contribution >= 0.6 is 0 Å². The summed E-state index contributed by atoms with van der Waals surface area (Å²) in [6, 6.07) is 3.85. The Morgan fingerprint density at radius 1 is 0.882 bits per heavy atom. The lowest BCUT2D eigenvalue weighted by molar-refractivity contribution is 0.363. The maximum absolute atomic E-state index is 14.4. The Kier molecular flexibility index (Phi) is 3.56. The Hall–Kier alpha value is -1.05. The molecule has 0 spiro atoms. The van der Waals surface area contributed by atoms with Crippen LogP contribution in [0.3, 0.4) is 0 Å². The van der Waals surface area contributed by atoms with Gasteiger partial charge in [0.2, 0.25) is 0 Å². The first kappa shape index (κ1) is 14.0. The van der Waals surface area contributed by atoms with Crippen LogP contribution in [-0.2, 0) is 10.8 Å². The lowest BCUT2D eigenvalue weighted by Gasteiger charge is -2.26. The second-order valence-electron chi connectivity index (χ2n) is 6.51. The largest absolute Gasteiger partial charge is 0.493 e. The molecular weight excluding hydrogens is 215 g/mol. The molecular formula is C15H23FO. The summed E-state index contributed by atoms with van der Waals surface area (Å²) in [5, 5.41) is 0. The molecule has 0 bridgehead atoms. The molecule has 1 nitrogen and oxygen atoms in total. The number of methoxy groups -OCH3 is 1. The van der Waals surface area contributed by atoms with Gasteiger partial charge in [0, 0.05) is 5.56 Å². The SMILES string of the molecule is COc1c(C(C)(C)C)ccc(C(C)(C)C)c1F. The van der Waals surface area contributed by atoms with E-state index >= 15 is 0 Å². The van der Waals surface area contributed by atoms with E-state index in [1.807, 2.05) is 32.9 Å². The normalized spacial score (nSPS) is 12.7. The van der Waals surface area contributed by atoms with Crippen LogP contribution in [-0.4, -0.2) is 7.11 Å². The Bertz CT molecular complexity index is 408. The predicted octanol–water partition coefficient (Wildman–Crippen LogP) is 4.43. The summed E-state index contributed by atoms with van der Waals surface area (Å²) < 4.78 is 19.7. The monoisotopic (exact) mass is 238 g/mol. The zero-order valence-corrected chi connectivity index (χ0v) is 11.9. The van der Waals surface area contributed by atoms with E-state index in [-0.39, 0.29) is 16.6 Å². The van der Waals surface area contributed by atoms with Crippen LogP contribution in [0.25, 0.3) is 0 Å². The highest BCUT2D eigenvalue weighted by molar-refractivity contribution is 5.45. The van der Waals surface area contributed by atoms with E-state index in [2.05, 4.69) is 20.8 Å². The highest BCUT2D eigenvalue weighted by atomic mass is 19.1. The number of halogens is 1. The molecule has 0 aliphatic heterocycles. The molecule has 0 fully saturated rings. The number of rotatable bonds is 1. The molecule has 2 heteroatoms. The Morgan fingerprint density at radius 2 is 1.29 bits per heavy atom. The van der Waals surface area contributed by atoms with Crippen LogP contribution in [0.1, 0.15) is 52.7 Å². The molecule has 0 heterocycles. The van der Waals surface area contributed by atoms with E-state index in [1.165, 1.54) is 7.11 Å². The highest BCUT2D eigenvalue weighted by Crippen LogP contribution is 2.38. The summed E-state index contributed by atoms with van der Waals surface area (Å²) in [6.45, 7) is 12.2. The van der Waals surface area contributed by atoms with Gasteiger partial charge in [0.1, 0.15) is 0 Å². The number of benzene rings is 1. The van der Waals surface area contributed by atoms with Crippen molar-refractivity contribution in [3.05, 3.63) is 29.1 Å². The summed E-state index contributed by atoms with van der Waals surface area (Å²) in [6.07, 6.45) is 0. The Morgan fingerprint density at radius 3 is 1.65 bits per heavy atom. The van der Waals surface area contributed by atoms with Gasteiger partial charge in [0.25, 0.3) is 0 Å². The first-order valence-corrected chi connectivity index (χ1v) is 5.96. The first-order valence-electron chi connectivity index (χ1n) is 5.96. The molecule has 1 rings (SSSR count). The van der Waals surface area contributed by atoms with Crippen LogP contribution < -0.4 is 4.74 Å². The molecule has 0 aliphatic carbocycles. The summed E-state index contributed by atoms with van der Waals surface area (Å²) >= 11 is 0. The van der Waals surface area contributed by atoms with Crippen LogP contribution in [0, 0.1) is 5.82 Å². The molecule has 0 amide bonds. The van der Waals surface area contributed by atoms with Gasteiger partial charge in [0.15, 0.2) is 11.6 Å². The lowest BCUT2D eigenvalue weighted by atomic mass is 9.81. The van der Waals surface area contributed by atoms with Crippen molar-refractivity contribution in [3.63, 3.8) is 0 Å². The molecule has 0 unspecified atom stereocenters. The van der Waals surface area contributed by atoms with Gasteiger partial charge in [-0.15, -0.1) is 0 Å². The van der Waals surface area contributed by atoms with Gasteiger partial charge in [-0.25, -0.2) is 4.39 Å². The average molecular weight is 238 g/mol. The minimum Gasteiger partial charge on any atom is -0.493 e. The molecule has 0 saturated heterocycles. The minimum atomic E-state index is -0.229. The molecule has 96 valence electrons. The van der Waals surface area contributed by atoms with E-state index in [1.54, 1.807) is 0 Å². The van der Waals surface area contributed by atoms with Gasteiger partial charge in [-0.3, -0.25) is 0 Å². The Labute approximate surface area is 104 Å². The quantitative estimate of drug-likeness (QED) is 0.703. The van der Waals surface area contributed by atoms with Crippen LogP contribution in [0.2, 0.25) is 0 Å². The molecule has 0 radical (unpaired) electrons. The highest BCUT2D eigenvalue weighted by Gasteiger charge is 2.27. The summed E-state index contributed by atoms with van der Waals surface area (Å²) in [5.74, 6) is 0.150.